The lowest BCUT2D eigenvalue weighted by Crippen LogP contribution is -2.42. The number of hydrogen-bond acceptors (Lipinski definition) is 7. The number of carbonyl (C=O) groups is 2. The Morgan fingerprint density at radius 3 is 2.32 bits per heavy atom. The Kier molecular flexibility index (Phi) is 6.42. The van der Waals surface area contributed by atoms with E-state index in [0.29, 0.717) is 33.4 Å². The standard InChI is InChI=1S/C24H28N6O3S/c1-34-23(19-13-27-12-18(21(25)31)20(19)14-8-10-26-11-9-14)29-30-24(34)22(32)28-15-2-4-16(5-3-15)33-17-6-7-17/h8-13,15-17,34H,2-7H2,1H3,(H2,25,31)(H,28,32)/t15-,16-. The van der Waals surface area contributed by atoms with Gasteiger partial charge in [-0.2, -0.15) is 10.9 Å². The Bertz CT molecular complexity index is 1160. The van der Waals surface area contributed by atoms with E-state index in [1.165, 1.54) is 19.0 Å². The van der Waals surface area contributed by atoms with Gasteiger partial charge in [-0.05, 0) is 62.5 Å². The smallest absolute Gasteiger partial charge is 0.277 e. The van der Waals surface area contributed by atoms with Crippen molar-refractivity contribution < 1.29 is 14.3 Å². The molecule has 2 saturated carbocycles. The summed E-state index contributed by atoms with van der Waals surface area (Å²) in [4.78, 5) is 33.5. The van der Waals surface area contributed by atoms with Crippen molar-refractivity contribution in [2.45, 2.75) is 56.8 Å². The molecule has 2 amide bonds. The minimum Gasteiger partial charge on any atom is -0.375 e. The van der Waals surface area contributed by atoms with Crippen molar-refractivity contribution in [3.05, 3.63) is 48.0 Å². The van der Waals surface area contributed by atoms with E-state index in [0.717, 1.165) is 31.2 Å². The van der Waals surface area contributed by atoms with Crippen LogP contribution in [0.25, 0.3) is 11.1 Å². The number of nitrogens with one attached hydrogen (secondary N) is 1. The van der Waals surface area contributed by atoms with E-state index >= 15 is 0 Å². The van der Waals surface area contributed by atoms with Gasteiger partial charge in [0.15, 0.2) is 5.04 Å². The number of nitrogens with zero attached hydrogens (tertiary/aromatic N) is 4. The summed E-state index contributed by atoms with van der Waals surface area (Å²) in [5.41, 5.74) is 7.99. The van der Waals surface area contributed by atoms with Crippen molar-refractivity contribution in [3.8, 4) is 11.1 Å². The minimum absolute atomic E-state index is 0.119. The number of aromatic nitrogens is 2. The molecule has 178 valence electrons. The van der Waals surface area contributed by atoms with Gasteiger partial charge in [0.25, 0.3) is 11.8 Å². The number of ether oxygens (including phenoxy) is 1. The molecule has 3 heterocycles. The van der Waals surface area contributed by atoms with Gasteiger partial charge in [0.1, 0.15) is 5.04 Å². The molecule has 1 unspecified atom stereocenters. The van der Waals surface area contributed by atoms with Crippen LogP contribution in [0.1, 0.15) is 54.4 Å². The largest absolute Gasteiger partial charge is 0.375 e. The third-order valence-corrected chi connectivity index (χ3v) is 8.31. The third kappa shape index (κ3) is 4.74. The lowest BCUT2D eigenvalue weighted by molar-refractivity contribution is -0.115. The number of nitrogens with two attached hydrogens (primary N) is 1. The van der Waals surface area contributed by atoms with Crippen LogP contribution in [0.2, 0.25) is 0 Å². The molecule has 9 nitrogen and oxygen atoms in total. The number of amides is 2. The molecular formula is C24H28N6O3S. The molecule has 3 N–H and O–H groups in total. The van der Waals surface area contributed by atoms with Crippen molar-refractivity contribution in [2.75, 3.05) is 6.26 Å². The highest BCUT2D eigenvalue weighted by Gasteiger charge is 2.33. The van der Waals surface area contributed by atoms with Gasteiger partial charge in [0.05, 0.1) is 17.8 Å². The van der Waals surface area contributed by atoms with E-state index in [-0.39, 0.29) is 17.5 Å². The zero-order valence-corrected chi connectivity index (χ0v) is 19.9. The van der Waals surface area contributed by atoms with Crippen LogP contribution in [0.5, 0.6) is 0 Å². The number of rotatable bonds is 7. The summed E-state index contributed by atoms with van der Waals surface area (Å²) in [5.74, 6) is -0.760. The zero-order valence-electron chi connectivity index (χ0n) is 19.0. The van der Waals surface area contributed by atoms with E-state index in [1.807, 2.05) is 6.26 Å². The highest BCUT2D eigenvalue weighted by molar-refractivity contribution is 8.42. The highest BCUT2D eigenvalue weighted by atomic mass is 32.2. The second kappa shape index (κ2) is 9.63. The van der Waals surface area contributed by atoms with E-state index < -0.39 is 16.8 Å². The summed E-state index contributed by atoms with van der Waals surface area (Å²) in [7, 11) is -1.13. The van der Waals surface area contributed by atoms with E-state index in [2.05, 4.69) is 25.5 Å². The van der Waals surface area contributed by atoms with Crippen LogP contribution in [0, 0.1) is 0 Å². The van der Waals surface area contributed by atoms with Gasteiger partial charge in [-0.25, -0.2) is 0 Å². The number of thiol groups is 1. The van der Waals surface area contributed by atoms with Crippen LogP contribution >= 0.6 is 10.9 Å². The minimum atomic E-state index is -1.13. The van der Waals surface area contributed by atoms with Crippen molar-refractivity contribution in [1.29, 1.82) is 0 Å². The van der Waals surface area contributed by atoms with E-state index in [9.17, 15) is 9.59 Å². The maximum absolute atomic E-state index is 13.1. The molecule has 3 aliphatic rings. The number of hydrogen-bond donors (Lipinski definition) is 3. The Hall–Kier alpha value is -3.11. The van der Waals surface area contributed by atoms with Crippen molar-refractivity contribution >= 4 is 32.8 Å². The molecular weight excluding hydrogens is 452 g/mol. The van der Waals surface area contributed by atoms with Crippen LogP contribution in [-0.4, -0.2) is 56.4 Å². The molecule has 34 heavy (non-hydrogen) atoms. The number of carbonyl (C=O) groups excluding carboxylic acids is 2. The predicted octanol–water partition coefficient (Wildman–Crippen LogP) is 2.55. The van der Waals surface area contributed by atoms with Gasteiger partial charge in [-0.3, -0.25) is 19.6 Å². The third-order valence-electron chi connectivity index (χ3n) is 6.42. The maximum Gasteiger partial charge on any atom is 0.277 e. The SMILES string of the molecule is C[SH]1C(C(=O)N[C@H]2CC[C@H](OC3CC3)CC2)=NN=C1c1cncc(C(N)=O)c1-c1ccncc1. The van der Waals surface area contributed by atoms with Crippen LogP contribution in [0.15, 0.2) is 47.1 Å². The lowest BCUT2D eigenvalue weighted by atomic mass is 9.93. The van der Waals surface area contributed by atoms with Gasteiger partial charge in [-0.1, -0.05) is 0 Å². The van der Waals surface area contributed by atoms with Gasteiger partial charge in [0, 0.05) is 42.0 Å². The summed E-state index contributed by atoms with van der Waals surface area (Å²) in [6.45, 7) is 0. The van der Waals surface area contributed by atoms with Crippen LogP contribution < -0.4 is 11.1 Å². The Balaban J connectivity index is 1.30. The second-order valence-electron chi connectivity index (χ2n) is 8.90. The molecule has 0 spiro atoms. The summed E-state index contributed by atoms with van der Waals surface area (Å²) in [5, 5.41) is 12.8. The van der Waals surface area contributed by atoms with Gasteiger partial charge in [0.2, 0.25) is 0 Å². The average Bonchev–Trinajstić information content (AvgIpc) is 3.58. The highest BCUT2D eigenvalue weighted by Crippen LogP contribution is 2.39. The van der Waals surface area contributed by atoms with Crippen LogP contribution in [-0.2, 0) is 9.53 Å². The molecule has 2 fully saturated rings. The molecule has 0 aromatic carbocycles. The Morgan fingerprint density at radius 2 is 1.68 bits per heavy atom. The second-order valence-corrected chi connectivity index (χ2v) is 10.9. The van der Waals surface area contributed by atoms with Crippen molar-refractivity contribution in [1.82, 2.24) is 15.3 Å². The first-order chi connectivity index (χ1) is 16.5. The fraction of sp³-hybridized carbons (Fsp3) is 0.417. The van der Waals surface area contributed by atoms with E-state index in [1.54, 1.807) is 30.7 Å². The Morgan fingerprint density at radius 1 is 1.00 bits per heavy atom. The monoisotopic (exact) mass is 480 g/mol. The van der Waals surface area contributed by atoms with Crippen molar-refractivity contribution in [3.63, 3.8) is 0 Å². The molecule has 1 aliphatic heterocycles. The van der Waals surface area contributed by atoms with E-state index in [4.69, 9.17) is 10.5 Å². The first-order valence-corrected chi connectivity index (χ1v) is 13.3. The fourth-order valence-corrected chi connectivity index (χ4v) is 5.94. The lowest BCUT2D eigenvalue weighted by Gasteiger charge is -2.29. The summed E-state index contributed by atoms with van der Waals surface area (Å²) in [6.07, 6.45) is 15.2. The molecule has 1 atom stereocenters. The first-order valence-electron chi connectivity index (χ1n) is 11.6. The predicted molar refractivity (Wildman–Crippen MR) is 133 cm³/mol. The van der Waals surface area contributed by atoms with Gasteiger partial charge in [-0.15, -0.1) is 10.2 Å². The molecule has 0 radical (unpaired) electrons. The van der Waals surface area contributed by atoms with Gasteiger partial charge < -0.3 is 15.8 Å². The van der Waals surface area contributed by atoms with Gasteiger partial charge >= 0.3 is 0 Å². The molecule has 2 aliphatic carbocycles. The normalized spacial score (nSPS) is 25.4. The number of pyridine rings is 2. The van der Waals surface area contributed by atoms with Crippen LogP contribution in [0.4, 0.5) is 0 Å². The average molecular weight is 481 g/mol. The fourth-order valence-electron chi connectivity index (χ4n) is 4.48. The molecule has 0 bridgehead atoms. The molecule has 10 heteroatoms. The molecule has 5 rings (SSSR count). The molecule has 2 aromatic heterocycles. The Labute approximate surface area is 200 Å². The molecule has 0 saturated heterocycles. The summed E-state index contributed by atoms with van der Waals surface area (Å²) < 4.78 is 6.02. The topological polar surface area (TPSA) is 132 Å². The van der Waals surface area contributed by atoms with Crippen molar-refractivity contribution in [2.24, 2.45) is 15.9 Å². The quantitative estimate of drug-likeness (QED) is 0.524. The summed E-state index contributed by atoms with van der Waals surface area (Å²) >= 11 is 0. The van der Waals surface area contributed by atoms with Crippen LogP contribution in [0.3, 0.4) is 0 Å². The zero-order chi connectivity index (χ0) is 23.7. The molecule has 2 aromatic rings. The number of primary amides is 1. The summed E-state index contributed by atoms with van der Waals surface area (Å²) in [6, 6.07) is 3.72. The maximum atomic E-state index is 13.1. The first kappa shape index (κ1) is 22.7.